The van der Waals surface area contributed by atoms with E-state index >= 15 is 0 Å². The Morgan fingerprint density at radius 3 is 2.49 bits per heavy atom. The van der Waals surface area contributed by atoms with Crippen molar-refractivity contribution in [3.05, 3.63) is 58.9 Å². The number of hydrogen-bond acceptors (Lipinski definition) is 9. The second-order valence-electron chi connectivity index (χ2n) is 9.62. The van der Waals surface area contributed by atoms with Gasteiger partial charge in [0.25, 0.3) is 0 Å². The first-order valence-electron chi connectivity index (χ1n) is 11.7. The Morgan fingerprint density at radius 2 is 1.95 bits per heavy atom. The highest BCUT2D eigenvalue weighted by Gasteiger charge is 2.65. The van der Waals surface area contributed by atoms with Crippen molar-refractivity contribution in [1.82, 2.24) is 5.32 Å². The summed E-state index contributed by atoms with van der Waals surface area (Å²) in [6.07, 6.45) is -0.967. The van der Waals surface area contributed by atoms with Crippen molar-refractivity contribution < 1.29 is 38.5 Å². The molecule has 1 aliphatic carbocycles. The fourth-order valence-corrected chi connectivity index (χ4v) is 5.09. The molecule has 2 aromatic rings. The Labute approximate surface area is 213 Å². The third-order valence-corrected chi connectivity index (χ3v) is 7.22. The SMILES string of the molecule is CC(=O)c1cc(N)cc(F)c1.Cc1cccc(O)c1C(=O)OC[C@@]1(O)C[C@H](N)[C@]2(NC(=O)O[C@H]2C)[C@@H]1C. The summed E-state index contributed by atoms with van der Waals surface area (Å²) < 4.78 is 23.0. The van der Waals surface area contributed by atoms with Gasteiger partial charge < -0.3 is 36.5 Å². The molecule has 1 amide bonds. The zero-order valence-electron chi connectivity index (χ0n) is 21.1. The number of benzene rings is 2. The fraction of sp³-hybridized carbons (Fsp3) is 0.423. The van der Waals surface area contributed by atoms with Gasteiger partial charge in [-0.2, -0.15) is 0 Å². The standard InChI is InChI=1S/C18H24N2O6.C8H8FNO/c1-9-5-4-6-12(21)14(9)15(22)25-8-17(24)7-13(19)18(10(17)2)11(3)26-16(23)20-18;1-5(11)6-2-7(9)4-8(10)3-6/h4-6,10-11,13,21,24H,7-8,19H2,1-3H3,(H,20,23);2-4H,10H2,1H3/t10-,11+,13+,17+,18+;/m1./s1. The van der Waals surface area contributed by atoms with E-state index in [0.717, 1.165) is 0 Å². The number of aromatic hydroxyl groups is 1. The molecule has 1 aliphatic heterocycles. The van der Waals surface area contributed by atoms with Crippen molar-refractivity contribution in [3.8, 4) is 5.75 Å². The highest BCUT2D eigenvalue weighted by molar-refractivity contribution is 5.95. The molecule has 1 saturated carbocycles. The molecule has 0 bridgehead atoms. The van der Waals surface area contributed by atoms with Crippen molar-refractivity contribution in [3.63, 3.8) is 0 Å². The molecule has 2 fully saturated rings. The number of amides is 1. The van der Waals surface area contributed by atoms with E-state index in [2.05, 4.69) is 5.32 Å². The predicted molar refractivity (Wildman–Crippen MR) is 132 cm³/mol. The van der Waals surface area contributed by atoms with Gasteiger partial charge in [0.1, 0.15) is 41.0 Å². The van der Waals surface area contributed by atoms with Crippen LogP contribution in [-0.4, -0.2) is 58.0 Å². The molecule has 1 heterocycles. The number of carbonyl (C=O) groups excluding carboxylic acids is 3. The number of aryl methyl sites for hydroxylation is 1. The Kier molecular flexibility index (Phi) is 7.80. The van der Waals surface area contributed by atoms with Gasteiger partial charge in [-0.25, -0.2) is 14.0 Å². The molecule has 11 heteroatoms. The Balaban J connectivity index is 0.000000289. The number of cyclic esters (lactones) is 1. The zero-order valence-corrected chi connectivity index (χ0v) is 21.1. The molecule has 200 valence electrons. The minimum atomic E-state index is -1.43. The topological polar surface area (TPSA) is 174 Å². The van der Waals surface area contributed by atoms with Crippen LogP contribution in [0.5, 0.6) is 5.75 Å². The number of hydrogen-bond donors (Lipinski definition) is 5. The largest absolute Gasteiger partial charge is 0.507 e. The number of carbonyl (C=O) groups is 3. The molecule has 2 aromatic carbocycles. The summed E-state index contributed by atoms with van der Waals surface area (Å²) in [7, 11) is 0. The van der Waals surface area contributed by atoms with Gasteiger partial charge in [0, 0.05) is 23.2 Å². The van der Waals surface area contributed by atoms with E-state index in [0.29, 0.717) is 11.1 Å². The van der Waals surface area contributed by atoms with E-state index in [1.807, 2.05) is 0 Å². The number of rotatable bonds is 4. The van der Waals surface area contributed by atoms with Crippen molar-refractivity contribution >= 4 is 23.5 Å². The van der Waals surface area contributed by atoms with Gasteiger partial charge in [0.15, 0.2) is 5.78 Å². The summed E-state index contributed by atoms with van der Waals surface area (Å²) in [6.45, 7) is 6.21. The zero-order chi connectivity index (χ0) is 27.7. The van der Waals surface area contributed by atoms with E-state index in [9.17, 15) is 29.0 Å². The third-order valence-electron chi connectivity index (χ3n) is 7.22. The molecular formula is C26H32FN3O7. The lowest BCUT2D eigenvalue weighted by atomic mass is 9.78. The molecule has 1 saturated heterocycles. The summed E-state index contributed by atoms with van der Waals surface area (Å²) in [5, 5.41) is 23.7. The first-order chi connectivity index (χ1) is 17.2. The summed E-state index contributed by atoms with van der Waals surface area (Å²) in [4.78, 5) is 34.8. The average molecular weight is 518 g/mol. The van der Waals surface area contributed by atoms with Crippen LogP contribution in [0.25, 0.3) is 0 Å². The molecule has 2 aliphatic rings. The second-order valence-corrected chi connectivity index (χ2v) is 9.62. The summed E-state index contributed by atoms with van der Waals surface area (Å²) in [6, 6.07) is 7.93. The number of nitrogen functional groups attached to an aromatic ring is 1. The van der Waals surface area contributed by atoms with Crippen molar-refractivity contribution in [2.75, 3.05) is 12.3 Å². The van der Waals surface area contributed by atoms with Crippen LogP contribution in [-0.2, 0) is 9.47 Å². The quantitative estimate of drug-likeness (QED) is 0.232. The molecule has 1 spiro atoms. The van der Waals surface area contributed by atoms with Gasteiger partial charge >= 0.3 is 12.1 Å². The average Bonchev–Trinajstić information content (AvgIpc) is 3.20. The lowest BCUT2D eigenvalue weighted by Gasteiger charge is -2.37. The van der Waals surface area contributed by atoms with Crippen LogP contribution in [0.3, 0.4) is 0 Å². The van der Waals surface area contributed by atoms with Gasteiger partial charge in [-0.15, -0.1) is 0 Å². The number of esters is 1. The highest BCUT2D eigenvalue weighted by Crippen LogP contribution is 2.47. The van der Waals surface area contributed by atoms with Crippen LogP contribution in [0.15, 0.2) is 36.4 Å². The first kappa shape index (κ1) is 27.9. The fourth-order valence-electron chi connectivity index (χ4n) is 5.09. The van der Waals surface area contributed by atoms with Crippen LogP contribution < -0.4 is 16.8 Å². The monoisotopic (exact) mass is 517 g/mol. The normalized spacial score (nSPS) is 28.2. The van der Waals surface area contributed by atoms with Crippen LogP contribution in [0.4, 0.5) is 14.9 Å². The number of phenolic OH excluding ortho intramolecular Hbond substituents is 1. The van der Waals surface area contributed by atoms with Gasteiger partial charge in [-0.3, -0.25) is 4.79 Å². The van der Waals surface area contributed by atoms with Crippen LogP contribution in [0.1, 0.15) is 53.5 Å². The number of alkyl carbamates (subject to hydrolysis) is 1. The molecule has 0 radical (unpaired) electrons. The van der Waals surface area contributed by atoms with Crippen molar-refractivity contribution in [2.24, 2.45) is 11.7 Å². The number of nitrogens with two attached hydrogens (primary N) is 2. The van der Waals surface area contributed by atoms with Crippen LogP contribution >= 0.6 is 0 Å². The maximum atomic E-state index is 12.6. The summed E-state index contributed by atoms with van der Waals surface area (Å²) >= 11 is 0. The van der Waals surface area contributed by atoms with Crippen molar-refractivity contribution in [2.45, 2.75) is 57.4 Å². The summed E-state index contributed by atoms with van der Waals surface area (Å²) in [5.41, 5.74) is 10.4. The number of nitrogens with one attached hydrogen (secondary N) is 1. The van der Waals surface area contributed by atoms with Crippen LogP contribution in [0.2, 0.25) is 0 Å². The molecule has 7 N–H and O–H groups in total. The Hall–Kier alpha value is -3.70. The van der Waals surface area contributed by atoms with Gasteiger partial charge in [-0.05, 0) is 57.0 Å². The molecule has 0 aromatic heterocycles. The summed E-state index contributed by atoms with van der Waals surface area (Å²) in [5.74, 6) is -2.08. The van der Waals surface area contributed by atoms with Crippen molar-refractivity contribution in [1.29, 1.82) is 0 Å². The Bertz CT molecular complexity index is 1180. The third kappa shape index (κ3) is 5.37. The van der Waals surface area contributed by atoms with E-state index < -0.39 is 47.1 Å². The number of Topliss-reactive ketones (excluding diaryl/α,β-unsaturated/α-hetero) is 1. The number of anilines is 1. The Morgan fingerprint density at radius 1 is 1.27 bits per heavy atom. The molecule has 10 nitrogen and oxygen atoms in total. The first-order valence-corrected chi connectivity index (χ1v) is 11.7. The molecule has 5 atom stereocenters. The molecule has 37 heavy (non-hydrogen) atoms. The second kappa shape index (κ2) is 10.3. The predicted octanol–water partition coefficient (Wildman–Crippen LogP) is 2.43. The smallest absolute Gasteiger partial charge is 0.408 e. The van der Waals surface area contributed by atoms with E-state index in [1.54, 1.807) is 32.9 Å². The number of phenols is 1. The molecule has 4 rings (SSSR count). The van der Waals surface area contributed by atoms with Gasteiger partial charge in [0.05, 0.1) is 0 Å². The van der Waals surface area contributed by atoms with Crippen LogP contribution in [0, 0.1) is 18.7 Å². The minimum Gasteiger partial charge on any atom is -0.507 e. The maximum Gasteiger partial charge on any atom is 0.408 e. The lowest BCUT2D eigenvalue weighted by molar-refractivity contribution is -0.0652. The number of halogens is 1. The van der Waals surface area contributed by atoms with E-state index in [4.69, 9.17) is 20.9 Å². The lowest BCUT2D eigenvalue weighted by Crippen LogP contribution is -2.61. The highest BCUT2D eigenvalue weighted by atomic mass is 19.1. The maximum absolute atomic E-state index is 12.6. The van der Waals surface area contributed by atoms with E-state index in [-0.39, 0.29) is 35.8 Å². The minimum absolute atomic E-state index is 0.0617. The van der Waals surface area contributed by atoms with Gasteiger partial charge in [-0.1, -0.05) is 19.1 Å². The number of aliphatic hydroxyl groups is 1. The molecular weight excluding hydrogens is 485 g/mol. The van der Waals surface area contributed by atoms with E-state index in [1.165, 1.54) is 31.2 Å². The number of ketones is 1. The molecule has 0 unspecified atom stereocenters. The van der Waals surface area contributed by atoms with Gasteiger partial charge in [0.2, 0.25) is 0 Å². The number of ether oxygens (including phenoxy) is 2.